The summed E-state index contributed by atoms with van der Waals surface area (Å²) in [4.78, 5) is 17.0. The van der Waals surface area contributed by atoms with Gasteiger partial charge in [0.2, 0.25) is 5.89 Å². The predicted molar refractivity (Wildman–Crippen MR) is 135 cm³/mol. The normalized spacial score (nSPS) is 11.7. The van der Waals surface area contributed by atoms with Crippen molar-refractivity contribution in [2.45, 2.75) is 26.2 Å². The molecule has 168 valence electrons. The van der Waals surface area contributed by atoms with Gasteiger partial charge in [-0.05, 0) is 90.8 Å². The maximum atomic E-state index is 12.4. The van der Waals surface area contributed by atoms with E-state index in [0.29, 0.717) is 23.1 Å². The summed E-state index contributed by atoms with van der Waals surface area (Å²) in [6.07, 6.45) is 1.08. The van der Waals surface area contributed by atoms with Crippen LogP contribution in [-0.2, 0) is 0 Å². The van der Waals surface area contributed by atoms with E-state index in [1.54, 1.807) is 31.4 Å². The van der Waals surface area contributed by atoms with Gasteiger partial charge in [-0.3, -0.25) is 10.1 Å². The number of aromatic nitrogens is 1. The fraction of sp³-hybridized carbons (Fsp3) is 0.192. The van der Waals surface area contributed by atoms with E-state index >= 15 is 0 Å². The zero-order chi connectivity index (χ0) is 23.4. The molecular formula is C26H25N3O3S. The number of nitrogens with one attached hydrogen (secondary N) is 2. The number of rotatable bonds is 6. The van der Waals surface area contributed by atoms with Crippen LogP contribution in [0.2, 0.25) is 0 Å². The number of oxazole rings is 1. The van der Waals surface area contributed by atoms with Crippen molar-refractivity contribution >= 4 is 40.0 Å². The highest BCUT2D eigenvalue weighted by molar-refractivity contribution is 7.80. The molecule has 33 heavy (non-hydrogen) atoms. The molecule has 0 saturated carbocycles. The second kappa shape index (κ2) is 9.83. The molecule has 0 saturated heterocycles. The minimum Gasteiger partial charge on any atom is -0.497 e. The summed E-state index contributed by atoms with van der Waals surface area (Å²) in [6.45, 7) is 4.38. The van der Waals surface area contributed by atoms with Gasteiger partial charge in [0.25, 0.3) is 5.91 Å². The molecule has 0 aliphatic rings. The largest absolute Gasteiger partial charge is 0.497 e. The van der Waals surface area contributed by atoms with Crippen LogP contribution >= 0.6 is 12.2 Å². The Morgan fingerprint density at radius 1 is 1.09 bits per heavy atom. The van der Waals surface area contributed by atoms with Crippen molar-refractivity contribution in [2.75, 3.05) is 12.4 Å². The number of fused-ring (bicyclic) bond motifs is 1. The van der Waals surface area contributed by atoms with Gasteiger partial charge < -0.3 is 14.5 Å². The zero-order valence-electron chi connectivity index (χ0n) is 18.7. The molecule has 3 aromatic carbocycles. The Kier molecular flexibility index (Phi) is 6.70. The van der Waals surface area contributed by atoms with Crippen molar-refractivity contribution in [2.24, 2.45) is 0 Å². The lowest BCUT2D eigenvalue weighted by Crippen LogP contribution is -2.34. The van der Waals surface area contributed by atoms with Crippen LogP contribution < -0.4 is 15.4 Å². The average molecular weight is 460 g/mol. The Morgan fingerprint density at radius 2 is 1.82 bits per heavy atom. The van der Waals surface area contributed by atoms with Crippen LogP contribution in [0.4, 0.5) is 5.69 Å². The smallest absolute Gasteiger partial charge is 0.257 e. The van der Waals surface area contributed by atoms with Crippen LogP contribution in [0.1, 0.15) is 42.1 Å². The Labute approximate surface area is 198 Å². The summed E-state index contributed by atoms with van der Waals surface area (Å²) in [5, 5.41) is 5.91. The number of anilines is 1. The van der Waals surface area contributed by atoms with Gasteiger partial charge in [0.15, 0.2) is 10.7 Å². The Bertz CT molecular complexity index is 1280. The van der Waals surface area contributed by atoms with Crippen molar-refractivity contribution in [1.82, 2.24) is 10.3 Å². The Balaban J connectivity index is 1.41. The lowest BCUT2D eigenvalue weighted by atomic mass is 9.98. The van der Waals surface area contributed by atoms with E-state index in [1.165, 1.54) is 5.56 Å². The van der Waals surface area contributed by atoms with Crippen LogP contribution in [0.15, 0.2) is 71.1 Å². The van der Waals surface area contributed by atoms with Crippen molar-refractivity contribution in [3.63, 3.8) is 0 Å². The maximum Gasteiger partial charge on any atom is 0.257 e. The molecule has 4 rings (SSSR count). The minimum atomic E-state index is -0.296. The van der Waals surface area contributed by atoms with E-state index < -0.39 is 0 Å². The summed E-state index contributed by atoms with van der Waals surface area (Å²) in [7, 11) is 1.58. The Hall–Kier alpha value is -3.71. The van der Waals surface area contributed by atoms with Gasteiger partial charge in [0.05, 0.1) is 7.11 Å². The third-order valence-corrected chi connectivity index (χ3v) is 5.77. The molecule has 0 bridgehead atoms. The predicted octanol–water partition coefficient (Wildman–Crippen LogP) is 6.14. The molecule has 7 heteroatoms. The lowest BCUT2D eigenvalue weighted by molar-refractivity contribution is 0.0977. The first-order chi connectivity index (χ1) is 16.0. The van der Waals surface area contributed by atoms with Crippen LogP contribution in [0.5, 0.6) is 5.75 Å². The minimum absolute atomic E-state index is 0.211. The van der Waals surface area contributed by atoms with Gasteiger partial charge in [0, 0.05) is 16.8 Å². The first kappa shape index (κ1) is 22.5. The third-order valence-electron chi connectivity index (χ3n) is 5.56. The molecule has 1 aromatic heterocycles. The lowest BCUT2D eigenvalue weighted by Gasteiger charge is -2.10. The van der Waals surface area contributed by atoms with E-state index in [4.69, 9.17) is 21.4 Å². The van der Waals surface area contributed by atoms with Gasteiger partial charge in [-0.15, -0.1) is 0 Å². The maximum absolute atomic E-state index is 12.4. The number of hydrogen-bond acceptors (Lipinski definition) is 5. The van der Waals surface area contributed by atoms with Gasteiger partial charge in [0.1, 0.15) is 11.3 Å². The number of carbonyl (C=O) groups excluding carboxylic acids is 1. The number of ether oxygens (including phenoxy) is 1. The molecule has 0 aliphatic carbocycles. The van der Waals surface area contributed by atoms with E-state index in [9.17, 15) is 4.79 Å². The number of hydrogen-bond donors (Lipinski definition) is 2. The molecule has 0 fully saturated rings. The van der Waals surface area contributed by atoms with E-state index in [-0.39, 0.29) is 11.0 Å². The van der Waals surface area contributed by atoms with E-state index in [0.717, 1.165) is 28.8 Å². The average Bonchev–Trinajstić information content (AvgIpc) is 3.27. The summed E-state index contributed by atoms with van der Waals surface area (Å²) in [5.41, 5.74) is 4.97. The van der Waals surface area contributed by atoms with Gasteiger partial charge >= 0.3 is 0 Å². The molecule has 0 unspecified atom stereocenters. The fourth-order valence-electron chi connectivity index (χ4n) is 3.39. The number of amides is 1. The summed E-state index contributed by atoms with van der Waals surface area (Å²) in [5.74, 6) is 1.43. The number of thiocarbonyl (C=S) groups is 1. The van der Waals surface area contributed by atoms with Crippen molar-refractivity contribution < 1.29 is 13.9 Å². The van der Waals surface area contributed by atoms with Crippen LogP contribution in [0.3, 0.4) is 0 Å². The first-order valence-corrected chi connectivity index (χ1v) is 11.1. The number of methoxy groups -OCH3 is 1. The second-order valence-electron chi connectivity index (χ2n) is 7.77. The van der Waals surface area contributed by atoms with Gasteiger partial charge in [-0.25, -0.2) is 4.98 Å². The van der Waals surface area contributed by atoms with Crippen molar-refractivity contribution in [3.05, 3.63) is 77.9 Å². The SMILES string of the molecule is CC[C@H](C)c1ccc2oc(-c3ccc(NC(=S)NC(=O)c4ccc(OC)cc4)cc3)nc2c1. The van der Waals surface area contributed by atoms with Crippen LogP contribution in [0, 0.1) is 0 Å². The van der Waals surface area contributed by atoms with Crippen molar-refractivity contribution in [3.8, 4) is 17.2 Å². The topological polar surface area (TPSA) is 76.4 Å². The Morgan fingerprint density at radius 3 is 2.48 bits per heavy atom. The second-order valence-corrected chi connectivity index (χ2v) is 8.18. The molecule has 0 radical (unpaired) electrons. The number of benzene rings is 3. The fourth-order valence-corrected chi connectivity index (χ4v) is 3.60. The standard InChI is InChI=1S/C26H25N3O3S/c1-4-16(2)19-9-14-23-22(15-19)28-25(32-23)18-5-10-20(11-6-18)27-26(33)29-24(30)17-7-12-21(31-3)13-8-17/h5-16H,4H2,1-3H3,(H2,27,29,30,33)/t16-/m0/s1. The summed E-state index contributed by atoms with van der Waals surface area (Å²) in [6, 6.07) is 20.5. The number of nitrogens with zero attached hydrogens (tertiary/aromatic N) is 1. The quantitative estimate of drug-likeness (QED) is 0.337. The monoisotopic (exact) mass is 459 g/mol. The number of carbonyl (C=O) groups is 1. The molecule has 2 N–H and O–H groups in total. The van der Waals surface area contributed by atoms with E-state index in [2.05, 4.69) is 41.6 Å². The zero-order valence-corrected chi connectivity index (χ0v) is 19.5. The highest BCUT2D eigenvalue weighted by Gasteiger charge is 2.12. The van der Waals surface area contributed by atoms with Gasteiger partial charge in [-0.1, -0.05) is 19.9 Å². The molecule has 1 atom stereocenters. The highest BCUT2D eigenvalue weighted by atomic mass is 32.1. The molecule has 4 aromatic rings. The molecule has 1 heterocycles. The van der Waals surface area contributed by atoms with Crippen molar-refractivity contribution in [1.29, 1.82) is 0 Å². The first-order valence-electron chi connectivity index (χ1n) is 10.7. The summed E-state index contributed by atoms with van der Waals surface area (Å²) >= 11 is 5.28. The summed E-state index contributed by atoms with van der Waals surface area (Å²) < 4.78 is 11.0. The van der Waals surface area contributed by atoms with Gasteiger partial charge in [-0.2, -0.15) is 0 Å². The van der Waals surface area contributed by atoms with E-state index in [1.807, 2.05) is 30.3 Å². The molecule has 0 spiro atoms. The highest BCUT2D eigenvalue weighted by Crippen LogP contribution is 2.28. The molecule has 1 amide bonds. The molecular weight excluding hydrogens is 434 g/mol. The molecule has 0 aliphatic heterocycles. The third kappa shape index (κ3) is 5.21. The van der Waals surface area contributed by atoms with Crippen LogP contribution in [0.25, 0.3) is 22.6 Å². The molecule has 6 nitrogen and oxygen atoms in total. The van der Waals surface area contributed by atoms with Crippen LogP contribution in [-0.4, -0.2) is 23.1 Å².